The second-order valence-corrected chi connectivity index (χ2v) is 5.77. The van der Waals surface area contributed by atoms with Crippen molar-refractivity contribution in [2.45, 2.75) is 45.7 Å². The number of halogens is 1. The van der Waals surface area contributed by atoms with Gasteiger partial charge in [-0.1, -0.05) is 12.8 Å². The molecule has 0 spiro atoms. The Hall–Kier alpha value is -1.35. The van der Waals surface area contributed by atoms with Crippen LogP contribution >= 0.6 is 0 Å². The maximum absolute atomic E-state index is 13.5. The molecule has 108 valence electrons. The van der Waals surface area contributed by atoms with Crippen LogP contribution in [0.5, 0.6) is 0 Å². The first-order valence-corrected chi connectivity index (χ1v) is 7.78. The van der Waals surface area contributed by atoms with E-state index in [0.717, 1.165) is 24.0 Å². The van der Waals surface area contributed by atoms with E-state index >= 15 is 0 Å². The summed E-state index contributed by atoms with van der Waals surface area (Å²) in [6.45, 7) is 6.41. The van der Waals surface area contributed by atoms with Gasteiger partial charge in [0.25, 0.3) is 0 Å². The average Bonchev–Trinajstić information content (AvgIpc) is 2.61. The third-order valence-electron chi connectivity index (χ3n) is 4.35. The van der Waals surface area contributed by atoms with Gasteiger partial charge in [0.1, 0.15) is 5.82 Å². The van der Waals surface area contributed by atoms with Gasteiger partial charge in [-0.25, -0.2) is 4.39 Å². The summed E-state index contributed by atoms with van der Waals surface area (Å²) in [6, 6.07) is 7.33. The van der Waals surface area contributed by atoms with Crippen molar-refractivity contribution in [3.63, 3.8) is 0 Å². The second kappa shape index (κ2) is 5.96. The maximum Gasteiger partial charge on any atom is 0.125 e. The first-order chi connectivity index (χ1) is 9.78. The van der Waals surface area contributed by atoms with Gasteiger partial charge in [0.05, 0.1) is 5.52 Å². The van der Waals surface area contributed by atoms with E-state index in [-0.39, 0.29) is 5.82 Å². The van der Waals surface area contributed by atoms with E-state index in [1.54, 1.807) is 12.1 Å². The van der Waals surface area contributed by atoms with E-state index in [9.17, 15) is 4.39 Å². The molecule has 0 atom stereocenters. The Kier molecular flexibility index (Phi) is 4.06. The second-order valence-electron chi connectivity index (χ2n) is 5.77. The zero-order valence-corrected chi connectivity index (χ0v) is 12.2. The Bertz CT molecular complexity index is 580. The lowest BCUT2D eigenvalue weighted by atomic mass is 10.2. The SMILES string of the molecule is CCn1c(CN2CCCCCC2)cc2ccc(F)cc21. The summed E-state index contributed by atoms with van der Waals surface area (Å²) in [7, 11) is 0. The Labute approximate surface area is 120 Å². The number of hydrogen-bond acceptors (Lipinski definition) is 1. The summed E-state index contributed by atoms with van der Waals surface area (Å²) in [4.78, 5) is 2.55. The highest BCUT2D eigenvalue weighted by Gasteiger charge is 2.14. The fourth-order valence-electron chi connectivity index (χ4n) is 3.31. The number of hydrogen-bond donors (Lipinski definition) is 0. The molecular formula is C17H23FN2. The summed E-state index contributed by atoms with van der Waals surface area (Å²) >= 11 is 0. The summed E-state index contributed by atoms with van der Waals surface area (Å²) in [5.41, 5.74) is 2.34. The molecule has 1 saturated heterocycles. The van der Waals surface area contributed by atoms with Crippen LogP contribution in [0.3, 0.4) is 0 Å². The molecule has 3 heteroatoms. The van der Waals surface area contributed by atoms with Crippen LogP contribution in [0, 0.1) is 5.82 Å². The number of benzene rings is 1. The maximum atomic E-state index is 13.5. The largest absolute Gasteiger partial charge is 0.344 e. The van der Waals surface area contributed by atoms with Crippen molar-refractivity contribution in [3.05, 3.63) is 35.8 Å². The van der Waals surface area contributed by atoms with Crippen LogP contribution in [0.2, 0.25) is 0 Å². The Morgan fingerprint density at radius 3 is 2.50 bits per heavy atom. The summed E-state index contributed by atoms with van der Waals surface area (Å²) in [5.74, 6) is -0.147. The number of likely N-dealkylation sites (tertiary alicyclic amines) is 1. The van der Waals surface area contributed by atoms with Crippen molar-refractivity contribution in [1.82, 2.24) is 9.47 Å². The molecule has 2 heterocycles. The van der Waals surface area contributed by atoms with Gasteiger partial charge in [-0.3, -0.25) is 4.90 Å². The molecule has 0 radical (unpaired) electrons. The molecule has 0 saturated carbocycles. The van der Waals surface area contributed by atoms with Gasteiger partial charge in [-0.15, -0.1) is 0 Å². The number of fused-ring (bicyclic) bond motifs is 1. The van der Waals surface area contributed by atoms with Crippen LogP contribution in [0.25, 0.3) is 10.9 Å². The third-order valence-corrected chi connectivity index (χ3v) is 4.35. The fraction of sp³-hybridized carbons (Fsp3) is 0.529. The van der Waals surface area contributed by atoms with Gasteiger partial charge in [0.2, 0.25) is 0 Å². The monoisotopic (exact) mass is 274 g/mol. The zero-order valence-electron chi connectivity index (χ0n) is 12.2. The highest BCUT2D eigenvalue weighted by atomic mass is 19.1. The van der Waals surface area contributed by atoms with Gasteiger partial charge in [0, 0.05) is 24.2 Å². The molecule has 2 aromatic rings. The number of aromatic nitrogens is 1. The molecule has 1 fully saturated rings. The van der Waals surface area contributed by atoms with Crippen molar-refractivity contribution in [3.8, 4) is 0 Å². The summed E-state index contributed by atoms with van der Waals surface area (Å²) in [5, 5.41) is 1.15. The van der Waals surface area contributed by atoms with E-state index in [2.05, 4.69) is 22.5 Å². The van der Waals surface area contributed by atoms with Crippen molar-refractivity contribution in [2.24, 2.45) is 0 Å². The normalized spacial score (nSPS) is 17.5. The molecule has 0 unspecified atom stereocenters. The summed E-state index contributed by atoms with van der Waals surface area (Å²) < 4.78 is 15.7. The molecule has 2 nitrogen and oxygen atoms in total. The third kappa shape index (κ3) is 2.73. The van der Waals surface area contributed by atoms with E-state index in [1.165, 1.54) is 44.5 Å². The van der Waals surface area contributed by atoms with E-state index in [4.69, 9.17) is 0 Å². The molecule has 1 aromatic heterocycles. The van der Waals surface area contributed by atoms with Crippen molar-refractivity contribution in [2.75, 3.05) is 13.1 Å². The highest BCUT2D eigenvalue weighted by molar-refractivity contribution is 5.81. The lowest BCUT2D eigenvalue weighted by molar-refractivity contribution is 0.270. The van der Waals surface area contributed by atoms with Crippen LogP contribution < -0.4 is 0 Å². The molecule has 20 heavy (non-hydrogen) atoms. The Morgan fingerprint density at radius 2 is 1.80 bits per heavy atom. The van der Waals surface area contributed by atoms with Crippen LogP contribution in [0.1, 0.15) is 38.3 Å². The van der Waals surface area contributed by atoms with E-state index < -0.39 is 0 Å². The van der Waals surface area contributed by atoms with Gasteiger partial charge in [-0.2, -0.15) is 0 Å². The van der Waals surface area contributed by atoms with Gasteiger partial charge < -0.3 is 4.57 Å². The predicted molar refractivity (Wildman–Crippen MR) is 81.3 cm³/mol. The molecule has 3 rings (SSSR count). The van der Waals surface area contributed by atoms with Crippen molar-refractivity contribution in [1.29, 1.82) is 0 Å². The van der Waals surface area contributed by atoms with Crippen LogP contribution in [0.15, 0.2) is 24.3 Å². The summed E-state index contributed by atoms with van der Waals surface area (Å²) in [6.07, 6.45) is 5.33. The van der Waals surface area contributed by atoms with Gasteiger partial charge in [0.15, 0.2) is 0 Å². The van der Waals surface area contributed by atoms with Gasteiger partial charge in [-0.05, 0) is 57.1 Å². The standard InChI is InChI=1S/C17H23FN2/c1-2-20-16(13-19-9-5-3-4-6-10-19)11-14-7-8-15(18)12-17(14)20/h7-8,11-12H,2-6,9-10,13H2,1H3. The topological polar surface area (TPSA) is 8.17 Å². The molecule has 1 aliphatic heterocycles. The minimum atomic E-state index is -0.147. The Morgan fingerprint density at radius 1 is 1.05 bits per heavy atom. The zero-order chi connectivity index (χ0) is 13.9. The van der Waals surface area contributed by atoms with Crippen molar-refractivity contribution >= 4 is 10.9 Å². The number of rotatable bonds is 3. The lowest BCUT2D eigenvalue weighted by Crippen LogP contribution is -2.25. The minimum absolute atomic E-state index is 0.147. The molecule has 0 bridgehead atoms. The molecule has 0 N–H and O–H groups in total. The van der Waals surface area contributed by atoms with Crippen LogP contribution in [-0.4, -0.2) is 22.6 Å². The number of aryl methyl sites for hydroxylation is 1. The van der Waals surface area contributed by atoms with E-state index in [1.807, 2.05) is 6.07 Å². The Balaban J connectivity index is 1.90. The molecular weight excluding hydrogens is 251 g/mol. The average molecular weight is 274 g/mol. The number of nitrogens with zero attached hydrogens (tertiary/aromatic N) is 2. The van der Waals surface area contributed by atoms with Crippen molar-refractivity contribution < 1.29 is 4.39 Å². The molecule has 0 aliphatic carbocycles. The van der Waals surface area contributed by atoms with E-state index in [0.29, 0.717) is 0 Å². The smallest absolute Gasteiger partial charge is 0.125 e. The minimum Gasteiger partial charge on any atom is -0.344 e. The molecule has 0 amide bonds. The van der Waals surface area contributed by atoms with Gasteiger partial charge >= 0.3 is 0 Å². The van der Waals surface area contributed by atoms with Crippen LogP contribution in [-0.2, 0) is 13.1 Å². The van der Waals surface area contributed by atoms with Crippen LogP contribution in [0.4, 0.5) is 4.39 Å². The lowest BCUT2D eigenvalue weighted by Gasteiger charge is -2.20. The quantitative estimate of drug-likeness (QED) is 0.815. The molecule has 1 aliphatic rings. The predicted octanol–water partition coefficient (Wildman–Crippen LogP) is 4.18. The highest BCUT2D eigenvalue weighted by Crippen LogP contribution is 2.23. The fourth-order valence-corrected chi connectivity index (χ4v) is 3.31. The first kappa shape index (κ1) is 13.6. The molecule has 1 aromatic carbocycles. The first-order valence-electron chi connectivity index (χ1n) is 7.78.